The van der Waals surface area contributed by atoms with Gasteiger partial charge >= 0.3 is 0 Å². The van der Waals surface area contributed by atoms with Crippen molar-refractivity contribution in [3.63, 3.8) is 0 Å². The van der Waals surface area contributed by atoms with E-state index in [0.29, 0.717) is 16.4 Å². The van der Waals surface area contributed by atoms with Gasteiger partial charge in [0, 0.05) is 10.2 Å². The van der Waals surface area contributed by atoms with Crippen molar-refractivity contribution in [1.29, 1.82) is 5.26 Å². The molecule has 1 N–H and O–H groups in total. The van der Waals surface area contributed by atoms with E-state index >= 15 is 0 Å². The van der Waals surface area contributed by atoms with E-state index in [-0.39, 0.29) is 0 Å². The van der Waals surface area contributed by atoms with Gasteiger partial charge in [0.25, 0.3) is 0 Å². The second-order valence-electron chi connectivity index (χ2n) is 4.17. The van der Waals surface area contributed by atoms with Crippen LogP contribution in [0.3, 0.4) is 0 Å². The molecule has 3 nitrogen and oxygen atoms in total. The molecular formula is C14H11BrClN3. The van der Waals surface area contributed by atoms with Gasteiger partial charge in [-0.15, -0.1) is 0 Å². The van der Waals surface area contributed by atoms with E-state index in [1.807, 2.05) is 32.0 Å². The summed E-state index contributed by atoms with van der Waals surface area (Å²) in [6.07, 6.45) is 0. The average molecular weight is 337 g/mol. The number of nitriles is 1. The van der Waals surface area contributed by atoms with Crippen molar-refractivity contribution in [1.82, 2.24) is 4.98 Å². The second kappa shape index (κ2) is 5.60. The summed E-state index contributed by atoms with van der Waals surface area (Å²) in [5, 5.41) is 12.9. The summed E-state index contributed by atoms with van der Waals surface area (Å²) >= 11 is 9.50. The lowest BCUT2D eigenvalue weighted by Gasteiger charge is -2.11. The van der Waals surface area contributed by atoms with Crippen molar-refractivity contribution in [2.75, 3.05) is 5.32 Å². The topological polar surface area (TPSA) is 48.7 Å². The molecule has 0 amide bonds. The number of hydrogen-bond donors (Lipinski definition) is 1. The van der Waals surface area contributed by atoms with Crippen LogP contribution in [-0.2, 0) is 0 Å². The van der Waals surface area contributed by atoms with Crippen LogP contribution in [0.5, 0.6) is 0 Å². The SMILES string of the molecule is Cc1cc(C)c(C#N)c(Nc2ccc(Br)cc2Cl)n1. The number of pyridine rings is 1. The first-order valence-electron chi connectivity index (χ1n) is 5.61. The second-order valence-corrected chi connectivity index (χ2v) is 5.49. The normalized spacial score (nSPS) is 10.1. The van der Waals surface area contributed by atoms with Crippen molar-refractivity contribution in [2.24, 2.45) is 0 Å². The van der Waals surface area contributed by atoms with E-state index in [4.69, 9.17) is 11.6 Å². The van der Waals surface area contributed by atoms with E-state index in [2.05, 4.69) is 32.3 Å². The molecule has 19 heavy (non-hydrogen) atoms. The summed E-state index contributed by atoms with van der Waals surface area (Å²) in [6, 6.07) is 9.56. The lowest BCUT2D eigenvalue weighted by Crippen LogP contribution is -2.01. The number of anilines is 2. The summed E-state index contributed by atoms with van der Waals surface area (Å²) in [7, 11) is 0. The number of hydrogen-bond acceptors (Lipinski definition) is 3. The van der Waals surface area contributed by atoms with Gasteiger partial charge in [0.05, 0.1) is 16.3 Å². The van der Waals surface area contributed by atoms with Crippen molar-refractivity contribution in [3.05, 3.63) is 50.6 Å². The number of aryl methyl sites for hydroxylation is 2. The largest absolute Gasteiger partial charge is 0.338 e. The van der Waals surface area contributed by atoms with Gasteiger partial charge in [-0.2, -0.15) is 5.26 Å². The predicted molar refractivity (Wildman–Crippen MR) is 80.9 cm³/mol. The Balaban J connectivity index is 2.46. The third-order valence-corrected chi connectivity index (χ3v) is 3.45. The Labute approximate surface area is 125 Å². The van der Waals surface area contributed by atoms with E-state index in [9.17, 15) is 5.26 Å². The number of halogens is 2. The fourth-order valence-corrected chi connectivity index (χ4v) is 2.51. The van der Waals surface area contributed by atoms with Crippen LogP contribution in [0.15, 0.2) is 28.7 Å². The van der Waals surface area contributed by atoms with Crippen LogP contribution in [0, 0.1) is 25.2 Å². The zero-order chi connectivity index (χ0) is 14.0. The highest BCUT2D eigenvalue weighted by Crippen LogP contribution is 2.29. The van der Waals surface area contributed by atoms with Gasteiger partial charge in [-0.3, -0.25) is 0 Å². The number of aromatic nitrogens is 1. The molecule has 0 atom stereocenters. The summed E-state index contributed by atoms with van der Waals surface area (Å²) in [4.78, 5) is 4.36. The van der Waals surface area contributed by atoms with Gasteiger partial charge in [0.1, 0.15) is 11.9 Å². The van der Waals surface area contributed by atoms with E-state index in [1.165, 1.54) is 0 Å². The minimum absolute atomic E-state index is 0.532. The van der Waals surface area contributed by atoms with E-state index in [0.717, 1.165) is 21.4 Å². The molecule has 0 aliphatic carbocycles. The average Bonchev–Trinajstić information content (AvgIpc) is 2.32. The number of nitrogens with one attached hydrogen (secondary N) is 1. The van der Waals surface area contributed by atoms with Crippen LogP contribution in [0.2, 0.25) is 5.02 Å². The Kier molecular flexibility index (Phi) is 4.08. The third-order valence-electron chi connectivity index (χ3n) is 2.64. The van der Waals surface area contributed by atoms with Crippen molar-refractivity contribution in [2.45, 2.75) is 13.8 Å². The lowest BCUT2D eigenvalue weighted by molar-refractivity contribution is 1.16. The standard InChI is InChI=1S/C14H11BrClN3/c1-8-5-9(2)18-14(11(8)7-17)19-13-4-3-10(15)6-12(13)16/h3-6H,1-2H3,(H,18,19). The zero-order valence-electron chi connectivity index (χ0n) is 10.5. The predicted octanol–water partition coefficient (Wildman–Crippen LogP) is 4.73. The first kappa shape index (κ1) is 13.9. The molecule has 1 aromatic carbocycles. The minimum atomic E-state index is 0.532. The molecule has 0 radical (unpaired) electrons. The number of nitrogens with zero attached hydrogens (tertiary/aromatic N) is 2. The van der Waals surface area contributed by atoms with Crippen LogP contribution in [-0.4, -0.2) is 4.98 Å². The molecule has 0 aliphatic rings. The number of benzene rings is 1. The maximum absolute atomic E-state index is 9.21. The molecule has 0 saturated heterocycles. The molecule has 2 rings (SSSR count). The molecule has 0 aliphatic heterocycles. The molecule has 0 fully saturated rings. The van der Waals surface area contributed by atoms with Gasteiger partial charge in [-0.25, -0.2) is 4.98 Å². The molecule has 0 bridgehead atoms. The van der Waals surface area contributed by atoms with Gasteiger partial charge < -0.3 is 5.32 Å². The first-order chi connectivity index (χ1) is 9.01. The molecule has 5 heteroatoms. The Morgan fingerprint density at radius 2 is 2.05 bits per heavy atom. The van der Waals surface area contributed by atoms with Gasteiger partial charge in [0.15, 0.2) is 0 Å². The first-order valence-corrected chi connectivity index (χ1v) is 6.79. The zero-order valence-corrected chi connectivity index (χ0v) is 12.8. The summed E-state index contributed by atoms with van der Waals surface area (Å²) in [6.45, 7) is 3.78. The maximum Gasteiger partial charge on any atom is 0.148 e. The minimum Gasteiger partial charge on any atom is -0.338 e. The quantitative estimate of drug-likeness (QED) is 0.862. The Bertz CT molecular complexity index is 677. The van der Waals surface area contributed by atoms with E-state index in [1.54, 1.807) is 6.07 Å². The highest BCUT2D eigenvalue weighted by atomic mass is 79.9. The summed E-state index contributed by atoms with van der Waals surface area (Å²) in [5.41, 5.74) is 3.00. The molecule has 0 spiro atoms. The van der Waals surface area contributed by atoms with Gasteiger partial charge in [-0.05, 0) is 43.7 Å². The van der Waals surface area contributed by atoms with Crippen LogP contribution in [0.25, 0.3) is 0 Å². The van der Waals surface area contributed by atoms with Crippen LogP contribution in [0.1, 0.15) is 16.8 Å². The Hall–Kier alpha value is -1.57. The van der Waals surface area contributed by atoms with Crippen molar-refractivity contribution < 1.29 is 0 Å². The molecule has 0 saturated carbocycles. The fraction of sp³-hybridized carbons (Fsp3) is 0.143. The molecule has 96 valence electrons. The molecule has 1 heterocycles. The van der Waals surface area contributed by atoms with Gasteiger partial charge in [-0.1, -0.05) is 27.5 Å². The maximum atomic E-state index is 9.21. The molecular weight excluding hydrogens is 326 g/mol. The van der Waals surface area contributed by atoms with Crippen LogP contribution in [0.4, 0.5) is 11.5 Å². The molecule has 1 aromatic heterocycles. The number of rotatable bonds is 2. The third kappa shape index (κ3) is 3.06. The molecule has 0 unspecified atom stereocenters. The highest BCUT2D eigenvalue weighted by molar-refractivity contribution is 9.10. The van der Waals surface area contributed by atoms with Crippen LogP contribution >= 0.6 is 27.5 Å². The summed E-state index contributed by atoms with van der Waals surface area (Å²) in [5.74, 6) is 0.532. The molecule has 2 aromatic rings. The van der Waals surface area contributed by atoms with E-state index < -0.39 is 0 Å². The Morgan fingerprint density at radius 3 is 2.68 bits per heavy atom. The van der Waals surface area contributed by atoms with Gasteiger partial charge in [0.2, 0.25) is 0 Å². The fourth-order valence-electron chi connectivity index (χ4n) is 1.79. The highest BCUT2D eigenvalue weighted by Gasteiger charge is 2.10. The monoisotopic (exact) mass is 335 g/mol. The van der Waals surface area contributed by atoms with Crippen molar-refractivity contribution in [3.8, 4) is 6.07 Å². The Morgan fingerprint density at radius 1 is 1.32 bits per heavy atom. The van der Waals surface area contributed by atoms with Crippen LogP contribution < -0.4 is 5.32 Å². The summed E-state index contributed by atoms with van der Waals surface area (Å²) < 4.78 is 0.900. The van der Waals surface area contributed by atoms with Crippen molar-refractivity contribution >= 4 is 39.0 Å². The smallest absolute Gasteiger partial charge is 0.148 e. The lowest BCUT2D eigenvalue weighted by atomic mass is 10.1.